The van der Waals surface area contributed by atoms with Crippen LogP contribution in [0.1, 0.15) is 82.5 Å². The normalized spacial score (nSPS) is 11.0. The molecular weight excluding hydrogens is 2530 g/mol. The summed E-state index contributed by atoms with van der Waals surface area (Å²) in [6, 6.07) is 65.5. The maximum absolute atomic E-state index is 14.1. The molecule has 21 aromatic rings. The smallest absolute Gasteiger partial charge is 0.304 e. The van der Waals surface area contributed by atoms with Crippen LogP contribution in [0, 0.1) is 113 Å². The standard InChI is InChI=1S/C25H21N4S.C22H18N4O.C20H20N5.C15H8FN4S.C12H12N5S.5Ir/c1-15-10-11-21(22-24(15)30-14-26-22)25-28-27-18(4)29(25)23-16(2)12-20(13-17(23)3)19-8-6-5-7-9-19;1-14-11-15(2)21(16(3)12-14)26-19-9-4-5-10-25(19)24-22(26)17-7-6-8-18-20(17)23-13-27-18;1-12-9-10-16(19-17(12)22-15(4)24(19)5)20-23-21-11-25(20)18-13(2)7-6-8-14(18)3;16-15-19-18-14(20(15)10-5-2-1-3-6-10)11-7-4-8-12-13(11)17-9-21-12;1-12(2,3)17-6-15-16-11(17)8-4-13-5-9-10(8)14-7-18-9;;;;;/h5-10,12-14H,1-4H3;4-6,8-13H,1-3H3;6-9,11H,1-5H3;1-6,8-9H;5-7H,1-3H3;;;;;/q-1;;3*-1;;;;;. The maximum Gasteiger partial charge on any atom is 0.304 e. The van der Waals surface area contributed by atoms with E-state index in [0.29, 0.717) is 17.1 Å². The number of rotatable bonds is 10. The second-order valence-electron chi connectivity index (χ2n) is 30.3. The van der Waals surface area contributed by atoms with Gasteiger partial charge in [-0.2, -0.15) is 24.8 Å². The number of imidazole rings is 1. The molecule has 32 heteroatoms. The van der Waals surface area contributed by atoms with Gasteiger partial charge >= 0.3 is 11.7 Å². The summed E-state index contributed by atoms with van der Waals surface area (Å²) in [6.07, 6.45) is 11.0. The van der Waals surface area contributed by atoms with Crippen LogP contribution in [0.15, 0.2) is 210 Å². The first-order chi connectivity index (χ1) is 58.6. The van der Waals surface area contributed by atoms with Gasteiger partial charge in [0.15, 0.2) is 12.2 Å². The first-order valence-electron chi connectivity index (χ1n) is 38.9. The van der Waals surface area contributed by atoms with Crippen molar-refractivity contribution in [3.8, 4) is 90.8 Å². The maximum atomic E-state index is 14.1. The zero-order valence-corrected chi connectivity index (χ0v) is 85.1. The molecule has 0 amide bonds. The third-order valence-electron chi connectivity index (χ3n) is 21.0. The number of aromatic nitrogens is 22. The first kappa shape index (κ1) is 94.2. The zero-order valence-electron chi connectivity index (χ0n) is 70.6. The van der Waals surface area contributed by atoms with Crippen molar-refractivity contribution >= 4 is 92.4 Å². The Kier molecular flexibility index (Phi) is 29.9. The fourth-order valence-electron chi connectivity index (χ4n) is 15.4. The van der Waals surface area contributed by atoms with Gasteiger partial charge in [0.2, 0.25) is 0 Å². The van der Waals surface area contributed by atoms with Crippen LogP contribution in [0.25, 0.3) is 149 Å². The number of pyridine rings is 2. The van der Waals surface area contributed by atoms with E-state index in [1.54, 1.807) is 65.2 Å². The Morgan fingerprint density at radius 2 is 1.04 bits per heavy atom. The molecule has 0 aliphatic carbocycles. The third kappa shape index (κ3) is 18.4. The SMILES string of the molecule is CC(C)(C)n1cnnc1-c1[c-]ncc2scnc12.Cc1cc(-c2ccccc2)cc(C)c1-n1c(C)nnc1-c1[c-]cc(C)c2scnc12.Cc1cc(C)c(-n2c(-c3[c-]ccc4ocnc34)n[n+]3ccccc23)c(C)c1.Cc1cccc(C)c1-n1cnnc1-c1[c-]cc(C)c2nc(C)n(C)c12.Fc1nnc(-c2[c-]ccc3scnc23)n1-c1ccccc1.[Ir].[Ir].[Ir].[Ir].[Ir]. The number of thiazole rings is 3. The minimum atomic E-state index is -0.656. The molecule has 0 saturated carbocycles. The number of halogens is 1. The van der Waals surface area contributed by atoms with Crippen LogP contribution in [-0.2, 0) is 113 Å². The van der Waals surface area contributed by atoms with Crippen molar-refractivity contribution in [3.05, 3.63) is 304 Å². The number of aryl methyl sites for hydroxylation is 12. The molecule has 0 saturated heterocycles. The van der Waals surface area contributed by atoms with Gasteiger partial charge < -0.3 is 27.7 Å². The average molecular weight is 2610 g/mol. The fourth-order valence-corrected chi connectivity index (χ4v) is 17.5. The predicted molar refractivity (Wildman–Crippen MR) is 474 cm³/mol. The Hall–Kier alpha value is -10.9. The minimum Gasteiger partial charge on any atom is -0.464 e. The molecule has 0 aliphatic heterocycles. The topological polar surface area (TPSA) is 240 Å². The van der Waals surface area contributed by atoms with Gasteiger partial charge in [-0.3, -0.25) is 29.5 Å². The quantitative estimate of drug-likeness (QED) is 0.0913. The largest absolute Gasteiger partial charge is 0.464 e. The van der Waals surface area contributed by atoms with Crippen molar-refractivity contribution in [3.63, 3.8) is 0 Å². The molecule has 12 aromatic heterocycles. The van der Waals surface area contributed by atoms with Gasteiger partial charge in [-0.15, -0.1) is 125 Å². The summed E-state index contributed by atoms with van der Waals surface area (Å²) in [6.45, 7) is 29.4. The van der Waals surface area contributed by atoms with Gasteiger partial charge in [-0.1, -0.05) is 143 Å². The average Bonchev–Trinajstić information content (AvgIpc) is 1.60. The van der Waals surface area contributed by atoms with Crippen molar-refractivity contribution in [1.82, 2.24) is 103 Å². The van der Waals surface area contributed by atoms with E-state index in [-0.39, 0.29) is 106 Å². The molecule has 0 bridgehead atoms. The molecule has 0 atom stereocenters. The van der Waals surface area contributed by atoms with E-state index >= 15 is 0 Å². The van der Waals surface area contributed by atoms with Crippen molar-refractivity contribution < 1.29 is 114 Å². The van der Waals surface area contributed by atoms with Crippen molar-refractivity contribution in [2.45, 2.75) is 102 Å². The summed E-state index contributed by atoms with van der Waals surface area (Å²) in [4.78, 5) is 26.5. The van der Waals surface area contributed by atoms with Crippen LogP contribution in [0.3, 0.4) is 0 Å². The second-order valence-corrected chi connectivity index (χ2v) is 33.0. The van der Waals surface area contributed by atoms with Gasteiger partial charge in [0.25, 0.3) is 0 Å². The number of benzene rings is 9. The Morgan fingerprint density at radius 3 is 1.75 bits per heavy atom. The van der Waals surface area contributed by atoms with E-state index < -0.39 is 6.08 Å². The molecule has 0 aliphatic rings. The number of oxazole rings is 1. The number of nitrogens with zero attached hydrogens (tertiary/aromatic N) is 22. The summed E-state index contributed by atoms with van der Waals surface area (Å²) < 4.78 is 36.5. The van der Waals surface area contributed by atoms with Crippen LogP contribution in [0.2, 0.25) is 0 Å². The Labute approximate surface area is 806 Å². The van der Waals surface area contributed by atoms with Crippen LogP contribution in [0.5, 0.6) is 0 Å². The molecule has 0 N–H and O–H groups in total. The molecule has 0 spiro atoms. The van der Waals surface area contributed by atoms with Crippen molar-refractivity contribution in [2.75, 3.05) is 0 Å². The van der Waals surface area contributed by atoms with E-state index in [1.165, 1.54) is 82.6 Å². The van der Waals surface area contributed by atoms with E-state index in [0.717, 1.165) is 134 Å². The number of fused-ring (bicyclic) bond motifs is 6. The monoisotopic (exact) mass is 2610 g/mol. The summed E-state index contributed by atoms with van der Waals surface area (Å²) in [5.74, 6) is 5.32. The Balaban J connectivity index is 0.000000143. The van der Waals surface area contributed by atoms with E-state index in [1.807, 2.05) is 118 Å². The van der Waals surface area contributed by atoms with Gasteiger partial charge in [0, 0.05) is 164 Å². The molecule has 21 rings (SSSR count). The first-order valence-corrected chi connectivity index (χ1v) is 41.5. The Bertz CT molecular complexity index is 7380. The summed E-state index contributed by atoms with van der Waals surface area (Å²) >= 11 is 4.73. The predicted octanol–water partition coefficient (Wildman–Crippen LogP) is 20.2. The second kappa shape index (κ2) is 40.0. The van der Waals surface area contributed by atoms with Gasteiger partial charge in [0.05, 0.1) is 51.2 Å². The summed E-state index contributed by atoms with van der Waals surface area (Å²) in [7, 11) is 2.03. The van der Waals surface area contributed by atoms with E-state index in [2.05, 4.69) is 266 Å². The van der Waals surface area contributed by atoms with E-state index in [4.69, 9.17) is 14.5 Å². The number of hydrogen-bond donors (Lipinski definition) is 0. The van der Waals surface area contributed by atoms with Crippen LogP contribution < -0.4 is 4.52 Å². The molecule has 5 radical (unpaired) electrons. The zero-order chi connectivity index (χ0) is 84.1. The van der Waals surface area contributed by atoms with Crippen LogP contribution in [0.4, 0.5) is 4.39 Å². The van der Waals surface area contributed by atoms with Gasteiger partial charge in [-0.25, -0.2) is 4.57 Å². The van der Waals surface area contributed by atoms with Gasteiger partial charge in [0.1, 0.15) is 30.4 Å². The summed E-state index contributed by atoms with van der Waals surface area (Å²) in [5.41, 5.74) is 33.6. The molecule has 12 heterocycles. The van der Waals surface area contributed by atoms with Crippen LogP contribution >= 0.6 is 34.0 Å². The van der Waals surface area contributed by atoms with Crippen LogP contribution in [-0.4, -0.2) is 103 Å². The molecule has 0 fully saturated rings. The number of para-hydroxylation sites is 2. The third-order valence-corrected chi connectivity index (χ3v) is 23.5. The Morgan fingerprint density at radius 1 is 0.452 bits per heavy atom. The van der Waals surface area contributed by atoms with Crippen molar-refractivity contribution in [2.24, 2.45) is 7.05 Å². The number of hydrogen-bond acceptors (Lipinski definition) is 19. The van der Waals surface area contributed by atoms with Crippen molar-refractivity contribution in [1.29, 1.82) is 0 Å². The molecule has 645 valence electrons. The minimum absolute atomic E-state index is 0. The summed E-state index contributed by atoms with van der Waals surface area (Å²) in [5, 5.41) is 38.1. The molecule has 23 nitrogen and oxygen atoms in total. The molecular formula is C94H79FIr5N22OS3-4. The van der Waals surface area contributed by atoms with Gasteiger partial charge in [-0.05, 0) is 190 Å². The molecule has 126 heavy (non-hydrogen) atoms. The fraction of sp³-hybridized carbons (Fsp3) is 0.170. The molecule has 0 unspecified atom stereocenters. The molecule has 9 aromatic carbocycles. The van der Waals surface area contributed by atoms with E-state index in [9.17, 15) is 4.39 Å².